The van der Waals surface area contributed by atoms with Gasteiger partial charge in [-0.25, -0.2) is 4.98 Å². The molecule has 0 spiro atoms. The molecule has 0 N–H and O–H groups in total. The Hall–Kier alpha value is -3.33. The van der Waals surface area contributed by atoms with Crippen LogP contribution in [-0.4, -0.2) is 15.0 Å². The fourth-order valence-corrected chi connectivity index (χ4v) is 2.98. The predicted octanol–water partition coefficient (Wildman–Crippen LogP) is 5.80. The van der Waals surface area contributed by atoms with E-state index in [4.69, 9.17) is 4.98 Å². The molecule has 0 fully saturated rings. The van der Waals surface area contributed by atoms with Gasteiger partial charge in [-0.2, -0.15) is 0 Å². The second kappa shape index (κ2) is 7.12. The lowest BCUT2D eigenvalue weighted by Crippen LogP contribution is -1.93. The van der Waals surface area contributed by atoms with Gasteiger partial charge in [0, 0.05) is 34.9 Å². The average Bonchev–Trinajstić information content (AvgIpc) is 2.69. The molecule has 0 bridgehead atoms. The molecule has 0 aliphatic heterocycles. The first-order valence-corrected chi connectivity index (χ1v) is 9.04. The Bertz CT molecular complexity index is 910. The Labute approximate surface area is 159 Å². The first kappa shape index (κ1) is 17.1. The molecule has 132 valence electrons. The molecular formula is C24H21N3. The van der Waals surface area contributed by atoms with Crippen LogP contribution in [-0.2, 0) is 0 Å². The summed E-state index contributed by atoms with van der Waals surface area (Å²) in [6, 6.07) is 21.0. The quantitative estimate of drug-likeness (QED) is 0.468. The summed E-state index contributed by atoms with van der Waals surface area (Å²) in [5.41, 5.74) is 9.40. The van der Waals surface area contributed by atoms with Crippen molar-refractivity contribution in [2.45, 2.75) is 20.8 Å². The minimum Gasteiger partial charge on any atom is -0.261 e. The second-order valence-electron chi connectivity index (χ2n) is 6.87. The summed E-state index contributed by atoms with van der Waals surface area (Å²) in [6.45, 7) is 6.08. The zero-order valence-corrected chi connectivity index (χ0v) is 15.8. The topological polar surface area (TPSA) is 38.7 Å². The van der Waals surface area contributed by atoms with Crippen LogP contribution in [0.4, 0.5) is 0 Å². The summed E-state index contributed by atoms with van der Waals surface area (Å²) in [7, 11) is 0. The molecule has 3 aromatic heterocycles. The molecule has 3 heterocycles. The van der Waals surface area contributed by atoms with Crippen molar-refractivity contribution in [3.8, 4) is 33.6 Å². The number of aryl methyl sites for hydroxylation is 3. The SMILES string of the molecule is Cc1ccc(-c2cc(-c3ccc(C)nc3)nc(-c3ccc(C)nc3)c2)cc1. The van der Waals surface area contributed by atoms with Crippen LogP contribution in [0.25, 0.3) is 33.6 Å². The van der Waals surface area contributed by atoms with Crippen molar-refractivity contribution < 1.29 is 0 Å². The summed E-state index contributed by atoms with van der Waals surface area (Å²) >= 11 is 0. The van der Waals surface area contributed by atoms with Crippen LogP contribution in [0.2, 0.25) is 0 Å². The predicted molar refractivity (Wildman–Crippen MR) is 110 cm³/mol. The molecule has 0 unspecified atom stereocenters. The van der Waals surface area contributed by atoms with Crippen LogP contribution in [0.15, 0.2) is 73.1 Å². The molecule has 0 aliphatic carbocycles. The third kappa shape index (κ3) is 3.77. The maximum Gasteiger partial charge on any atom is 0.0731 e. The van der Waals surface area contributed by atoms with Crippen LogP contribution >= 0.6 is 0 Å². The van der Waals surface area contributed by atoms with Crippen molar-refractivity contribution in [1.82, 2.24) is 15.0 Å². The maximum atomic E-state index is 4.90. The van der Waals surface area contributed by atoms with Crippen LogP contribution in [0.3, 0.4) is 0 Å². The van der Waals surface area contributed by atoms with Gasteiger partial charge in [-0.15, -0.1) is 0 Å². The van der Waals surface area contributed by atoms with E-state index in [-0.39, 0.29) is 0 Å². The normalized spacial score (nSPS) is 10.8. The molecule has 4 rings (SSSR count). The number of nitrogens with zero attached hydrogens (tertiary/aromatic N) is 3. The molecule has 1 aromatic carbocycles. The van der Waals surface area contributed by atoms with Crippen molar-refractivity contribution >= 4 is 0 Å². The lowest BCUT2D eigenvalue weighted by molar-refractivity contribution is 1.18. The van der Waals surface area contributed by atoms with Gasteiger partial charge >= 0.3 is 0 Å². The van der Waals surface area contributed by atoms with Gasteiger partial charge in [0.1, 0.15) is 0 Å². The van der Waals surface area contributed by atoms with Gasteiger partial charge in [0.15, 0.2) is 0 Å². The molecule has 4 aromatic rings. The van der Waals surface area contributed by atoms with E-state index >= 15 is 0 Å². The van der Waals surface area contributed by atoms with E-state index in [2.05, 4.69) is 65.4 Å². The van der Waals surface area contributed by atoms with Gasteiger partial charge in [-0.1, -0.05) is 29.8 Å². The van der Waals surface area contributed by atoms with Gasteiger partial charge in [0.25, 0.3) is 0 Å². The average molecular weight is 351 g/mol. The Morgan fingerprint density at radius 3 is 1.44 bits per heavy atom. The molecule has 0 radical (unpaired) electrons. The van der Waals surface area contributed by atoms with Gasteiger partial charge < -0.3 is 0 Å². The molecule has 3 nitrogen and oxygen atoms in total. The number of hydrogen-bond donors (Lipinski definition) is 0. The zero-order chi connectivity index (χ0) is 18.8. The number of benzene rings is 1. The molecule has 3 heteroatoms. The Kier molecular flexibility index (Phi) is 4.51. The van der Waals surface area contributed by atoms with E-state index in [1.165, 1.54) is 11.1 Å². The summed E-state index contributed by atoms with van der Waals surface area (Å²) in [4.78, 5) is 13.8. The van der Waals surface area contributed by atoms with Crippen molar-refractivity contribution in [1.29, 1.82) is 0 Å². The van der Waals surface area contributed by atoms with Crippen LogP contribution < -0.4 is 0 Å². The van der Waals surface area contributed by atoms with E-state index in [0.29, 0.717) is 0 Å². The number of pyridine rings is 3. The van der Waals surface area contributed by atoms with Crippen LogP contribution in [0, 0.1) is 20.8 Å². The van der Waals surface area contributed by atoms with Crippen molar-refractivity contribution in [2.24, 2.45) is 0 Å². The van der Waals surface area contributed by atoms with Gasteiger partial charge in [0.05, 0.1) is 11.4 Å². The third-order valence-corrected chi connectivity index (χ3v) is 4.62. The minimum absolute atomic E-state index is 0.913. The van der Waals surface area contributed by atoms with Crippen molar-refractivity contribution in [3.63, 3.8) is 0 Å². The molecule has 27 heavy (non-hydrogen) atoms. The Morgan fingerprint density at radius 2 is 1.00 bits per heavy atom. The monoisotopic (exact) mass is 351 g/mol. The highest BCUT2D eigenvalue weighted by Gasteiger charge is 2.09. The lowest BCUT2D eigenvalue weighted by Gasteiger charge is -2.10. The fourth-order valence-electron chi connectivity index (χ4n) is 2.98. The Morgan fingerprint density at radius 1 is 0.519 bits per heavy atom. The van der Waals surface area contributed by atoms with Crippen LogP contribution in [0.5, 0.6) is 0 Å². The third-order valence-electron chi connectivity index (χ3n) is 4.62. The smallest absolute Gasteiger partial charge is 0.0731 e. The second-order valence-corrected chi connectivity index (χ2v) is 6.87. The molecule has 0 atom stereocenters. The first-order valence-electron chi connectivity index (χ1n) is 9.04. The van der Waals surface area contributed by atoms with Crippen molar-refractivity contribution in [3.05, 3.63) is 90.0 Å². The number of hydrogen-bond acceptors (Lipinski definition) is 3. The lowest BCUT2D eigenvalue weighted by atomic mass is 10.00. The zero-order valence-electron chi connectivity index (χ0n) is 15.8. The highest BCUT2D eigenvalue weighted by Crippen LogP contribution is 2.30. The molecule has 0 saturated heterocycles. The molecular weight excluding hydrogens is 330 g/mol. The fraction of sp³-hybridized carbons (Fsp3) is 0.125. The highest BCUT2D eigenvalue weighted by molar-refractivity contribution is 5.76. The minimum atomic E-state index is 0.913. The highest BCUT2D eigenvalue weighted by atomic mass is 14.7. The van der Waals surface area contributed by atoms with E-state index in [1.54, 1.807) is 0 Å². The largest absolute Gasteiger partial charge is 0.261 e. The van der Waals surface area contributed by atoms with Gasteiger partial charge in [-0.05, 0) is 68.3 Å². The number of rotatable bonds is 3. The van der Waals surface area contributed by atoms with E-state index in [1.807, 2.05) is 38.4 Å². The Balaban J connectivity index is 1.89. The van der Waals surface area contributed by atoms with Gasteiger partial charge in [-0.3, -0.25) is 9.97 Å². The van der Waals surface area contributed by atoms with Gasteiger partial charge in [0.2, 0.25) is 0 Å². The van der Waals surface area contributed by atoms with E-state index < -0.39 is 0 Å². The van der Waals surface area contributed by atoms with E-state index in [0.717, 1.165) is 39.5 Å². The van der Waals surface area contributed by atoms with Crippen molar-refractivity contribution in [2.75, 3.05) is 0 Å². The summed E-state index contributed by atoms with van der Waals surface area (Å²) in [5.74, 6) is 0. The standard InChI is InChI=1S/C24H21N3/c1-16-4-8-19(9-5-16)22-12-23(20-10-6-17(2)25-14-20)27-24(13-22)21-11-7-18(3)26-15-21/h4-15H,1-3H3. The number of aromatic nitrogens is 3. The first-order chi connectivity index (χ1) is 13.1. The summed E-state index contributed by atoms with van der Waals surface area (Å²) < 4.78 is 0. The van der Waals surface area contributed by atoms with Crippen LogP contribution in [0.1, 0.15) is 17.0 Å². The summed E-state index contributed by atoms with van der Waals surface area (Å²) in [6.07, 6.45) is 3.77. The molecule has 0 amide bonds. The maximum absolute atomic E-state index is 4.90. The summed E-state index contributed by atoms with van der Waals surface area (Å²) in [5, 5.41) is 0. The molecule has 0 saturated carbocycles. The van der Waals surface area contributed by atoms with E-state index in [9.17, 15) is 0 Å². The molecule has 0 aliphatic rings.